The van der Waals surface area contributed by atoms with Crippen LogP contribution in [0.25, 0.3) is 22.4 Å². The molecule has 2 N–H and O–H groups in total. The first kappa shape index (κ1) is 26.0. The summed E-state index contributed by atoms with van der Waals surface area (Å²) in [5.41, 5.74) is 6.70. The Balaban J connectivity index is 1.62. The van der Waals surface area contributed by atoms with Gasteiger partial charge < -0.3 is 15.4 Å². The third-order valence-electron chi connectivity index (χ3n) is 6.60. The molecule has 2 atom stereocenters. The van der Waals surface area contributed by atoms with Crippen molar-refractivity contribution in [1.82, 2.24) is 19.9 Å². The minimum Gasteiger partial charge on any atom is -0.404 e. The quantitative estimate of drug-likeness (QED) is 0.368. The Morgan fingerprint density at radius 1 is 1.08 bits per heavy atom. The van der Waals surface area contributed by atoms with E-state index >= 15 is 4.39 Å². The van der Waals surface area contributed by atoms with Crippen LogP contribution >= 0.6 is 0 Å². The van der Waals surface area contributed by atoms with E-state index in [0.717, 1.165) is 18.9 Å². The number of morpholine rings is 1. The molecule has 1 aliphatic carbocycles. The molecule has 1 saturated heterocycles. The molecule has 0 unspecified atom stereocenters. The van der Waals surface area contributed by atoms with Gasteiger partial charge in [-0.25, -0.2) is 32.5 Å². The summed E-state index contributed by atoms with van der Waals surface area (Å²) in [6, 6.07) is 1.51. The summed E-state index contributed by atoms with van der Waals surface area (Å²) in [6.07, 6.45) is 1.44. The van der Waals surface area contributed by atoms with Gasteiger partial charge in [0.15, 0.2) is 5.65 Å². The van der Waals surface area contributed by atoms with Crippen LogP contribution < -0.4 is 10.6 Å². The number of fused-ring (bicyclic) bond motifs is 1. The molecule has 8 nitrogen and oxygen atoms in total. The highest BCUT2D eigenvalue weighted by molar-refractivity contribution is 5.88. The molecule has 0 amide bonds. The lowest BCUT2D eigenvalue weighted by molar-refractivity contribution is 0.00666. The summed E-state index contributed by atoms with van der Waals surface area (Å²) in [5, 5.41) is 0. The summed E-state index contributed by atoms with van der Waals surface area (Å²) in [7, 11) is 0. The van der Waals surface area contributed by atoms with E-state index in [-0.39, 0.29) is 34.5 Å². The summed E-state index contributed by atoms with van der Waals surface area (Å²) in [5.74, 6) is -2.20. The number of aliphatic imine (C=N–C) groups is 1. The van der Waals surface area contributed by atoms with Crippen LogP contribution in [0.2, 0.25) is 0 Å². The number of rotatable bonds is 6. The maximum Gasteiger partial charge on any atom is 0.266 e. The van der Waals surface area contributed by atoms with Crippen molar-refractivity contribution in [3.05, 3.63) is 52.5 Å². The number of hydrogen-bond donors (Lipinski definition) is 1. The molecule has 0 spiro atoms. The van der Waals surface area contributed by atoms with Gasteiger partial charge in [-0.1, -0.05) is 0 Å². The molecular formula is C26H27F4N7O. The fraction of sp³-hybridized carbons (Fsp3) is 0.423. The number of benzene rings is 1. The number of alkyl halides is 2. The van der Waals surface area contributed by atoms with E-state index in [4.69, 9.17) is 10.5 Å². The van der Waals surface area contributed by atoms with Crippen molar-refractivity contribution in [2.24, 2.45) is 10.7 Å². The molecular weight excluding hydrogens is 502 g/mol. The number of aromatic nitrogens is 4. The van der Waals surface area contributed by atoms with Gasteiger partial charge in [0.2, 0.25) is 5.95 Å². The molecule has 200 valence electrons. The zero-order valence-electron chi connectivity index (χ0n) is 21.1. The maximum atomic E-state index is 15.0. The second kappa shape index (κ2) is 10.2. The second-order valence-electron chi connectivity index (χ2n) is 9.61. The molecule has 1 aliphatic heterocycles. The van der Waals surface area contributed by atoms with Gasteiger partial charge in [-0.15, -0.1) is 0 Å². The molecule has 0 radical (unpaired) electrons. The smallest absolute Gasteiger partial charge is 0.266 e. The highest BCUT2D eigenvalue weighted by atomic mass is 19.3. The van der Waals surface area contributed by atoms with Crippen LogP contribution in [0.5, 0.6) is 0 Å². The number of halogens is 4. The number of nitrogens with two attached hydrogens (primary N) is 1. The number of nitrogens with zero attached hydrogens (tertiary/aromatic N) is 6. The van der Waals surface area contributed by atoms with Crippen LogP contribution in [0.4, 0.5) is 23.5 Å². The van der Waals surface area contributed by atoms with Gasteiger partial charge in [-0.3, -0.25) is 4.99 Å². The molecule has 38 heavy (non-hydrogen) atoms. The minimum atomic E-state index is -3.14. The Labute approximate surface area is 216 Å². The first-order valence-corrected chi connectivity index (χ1v) is 12.3. The molecule has 1 saturated carbocycles. The summed E-state index contributed by atoms with van der Waals surface area (Å²) in [4.78, 5) is 24.5. The van der Waals surface area contributed by atoms with E-state index in [2.05, 4.69) is 24.9 Å². The summed E-state index contributed by atoms with van der Waals surface area (Å²) >= 11 is 0. The van der Waals surface area contributed by atoms with E-state index < -0.39 is 29.7 Å². The lowest BCUT2D eigenvalue weighted by atomic mass is 10.1. The van der Waals surface area contributed by atoms with Crippen LogP contribution in [0.15, 0.2) is 28.9 Å². The molecule has 3 heterocycles. The van der Waals surface area contributed by atoms with E-state index in [1.165, 1.54) is 6.20 Å². The van der Waals surface area contributed by atoms with Crippen LogP contribution in [0, 0.1) is 25.5 Å². The lowest BCUT2D eigenvalue weighted by Crippen LogP contribution is -2.48. The Kier molecular flexibility index (Phi) is 6.99. The van der Waals surface area contributed by atoms with Crippen molar-refractivity contribution >= 4 is 23.3 Å². The fourth-order valence-electron chi connectivity index (χ4n) is 4.29. The van der Waals surface area contributed by atoms with Gasteiger partial charge in [-0.2, -0.15) is 4.98 Å². The van der Waals surface area contributed by atoms with E-state index in [1.807, 2.05) is 11.8 Å². The highest BCUT2D eigenvalue weighted by Crippen LogP contribution is 2.34. The predicted molar refractivity (Wildman–Crippen MR) is 135 cm³/mol. The Morgan fingerprint density at radius 2 is 1.82 bits per heavy atom. The minimum absolute atomic E-state index is 0.0550. The molecule has 3 aromatic rings. The third-order valence-corrected chi connectivity index (χ3v) is 6.60. The zero-order chi connectivity index (χ0) is 27.1. The number of aryl methyl sites for hydroxylation is 2. The fourth-order valence-corrected chi connectivity index (χ4v) is 4.29. The monoisotopic (exact) mass is 529 g/mol. The average molecular weight is 530 g/mol. The maximum absolute atomic E-state index is 15.0. The summed E-state index contributed by atoms with van der Waals surface area (Å²) in [6.45, 7) is 6.05. The second-order valence-corrected chi connectivity index (χ2v) is 9.61. The Bertz CT molecular complexity index is 1440. The van der Waals surface area contributed by atoms with Gasteiger partial charge in [0.1, 0.15) is 28.9 Å². The lowest BCUT2D eigenvalue weighted by Gasteiger charge is -2.37. The molecule has 2 aromatic heterocycles. The van der Waals surface area contributed by atoms with Gasteiger partial charge >= 0.3 is 0 Å². The third kappa shape index (κ3) is 5.17. The number of hydrogen-bond acceptors (Lipinski definition) is 8. The predicted octanol–water partition coefficient (Wildman–Crippen LogP) is 4.59. The number of ether oxygens (including phenoxy) is 1. The van der Waals surface area contributed by atoms with Crippen LogP contribution in [0.3, 0.4) is 0 Å². The molecule has 1 aromatic carbocycles. The van der Waals surface area contributed by atoms with E-state index in [0.29, 0.717) is 42.2 Å². The van der Waals surface area contributed by atoms with Crippen LogP contribution in [-0.4, -0.2) is 57.5 Å². The van der Waals surface area contributed by atoms with Gasteiger partial charge in [0, 0.05) is 36.2 Å². The van der Waals surface area contributed by atoms with Crippen molar-refractivity contribution in [1.29, 1.82) is 0 Å². The SMILES string of the molecule is Cc1nc2nc(N3C[C@@H](C)O[C@@H](/C(C=NC4CC4)=C/N)C3)nc(-c3cc(C(F)F)c(F)cc3F)c2nc1C. The normalized spacial score (nSPS) is 20.7. The number of anilines is 1. The van der Waals surface area contributed by atoms with Crippen molar-refractivity contribution in [2.45, 2.75) is 58.3 Å². The average Bonchev–Trinajstić information content (AvgIpc) is 3.69. The highest BCUT2D eigenvalue weighted by Gasteiger charge is 2.31. The van der Waals surface area contributed by atoms with Crippen molar-refractivity contribution in [3.63, 3.8) is 0 Å². The first-order chi connectivity index (χ1) is 18.1. The Morgan fingerprint density at radius 3 is 2.50 bits per heavy atom. The van der Waals surface area contributed by atoms with Crippen molar-refractivity contribution in [3.8, 4) is 11.3 Å². The summed E-state index contributed by atoms with van der Waals surface area (Å²) < 4.78 is 62.2. The molecule has 0 bridgehead atoms. The van der Waals surface area contributed by atoms with Gasteiger partial charge in [-0.05, 0) is 39.7 Å². The molecule has 2 aliphatic rings. The van der Waals surface area contributed by atoms with Crippen molar-refractivity contribution in [2.75, 3.05) is 18.0 Å². The zero-order valence-corrected chi connectivity index (χ0v) is 21.1. The Hall–Kier alpha value is -3.67. The standard InChI is InChI=1S/C26H27F4N7O/c1-12-10-37(11-21(38-12)15(8-31)9-32-16-4-5-16)26-35-22(23-25(36-26)34-14(3)13(2)33-23)17-6-18(24(29)30)20(28)7-19(17)27/h6-9,12,16,21,24H,4-5,10-11,31H2,1-3H3/b15-8+,32-9?/t12-,21-/m1/s1. The van der Waals surface area contributed by atoms with E-state index in [1.54, 1.807) is 20.1 Å². The molecule has 2 fully saturated rings. The van der Waals surface area contributed by atoms with Crippen LogP contribution in [0.1, 0.15) is 43.1 Å². The first-order valence-electron chi connectivity index (χ1n) is 12.3. The molecule has 5 rings (SSSR count). The topological polar surface area (TPSA) is 102 Å². The molecule has 12 heteroatoms. The largest absolute Gasteiger partial charge is 0.404 e. The van der Waals surface area contributed by atoms with Crippen LogP contribution in [-0.2, 0) is 4.74 Å². The van der Waals surface area contributed by atoms with Gasteiger partial charge in [0.25, 0.3) is 6.43 Å². The van der Waals surface area contributed by atoms with Crippen molar-refractivity contribution < 1.29 is 22.3 Å². The van der Waals surface area contributed by atoms with E-state index in [9.17, 15) is 13.2 Å². The van der Waals surface area contributed by atoms with Gasteiger partial charge in [0.05, 0.1) is 35.6 Å².